The normalized spacial score (nSPS) is 10.3. The molecule has 2 aromatic rings. The maximum atomic E-state index is 12.2. The highest BCUT2D eigenvalue weighted by molar-refractivity contribution is 5.95. The highest BCUT2D eigenvalue weighted by Gasteiger charge is 2.10. The first-order valence-electron chi connectivity index (χ1n) is 8.26. The lowest BCUT2D eigenvalue weighted by Crippen LogP contribution is -2.17. The summed E-state index contributed by atoms with van der Waals surface area (Å²) in [4.78, 5) is 12.2. The number of nitrogens with one attached hydrogen (secondary N) is 1. The number of methoxy groups -OCH3 is 1. The molecule has 1 amide bonds. The number of carbonyl (C=O) groups excluding carboxylic acids is 1. The monoisotopic (exact) mass is 366 g/mol. The molecule has 0 aliphatic rings. The number of hydrazone groups is 1. The van der Waals surface area contributed by atoms with Gasteiger partial charge in [-0.15, -0.1) is 0 Å². The summed E-state index contributed by atoms with van der Waals surface area (Å²) in [7, 11) is 1.51. The van der Waals surface area contributed by atoms with E-state index in [9.17, 15) is 4.79 Å². The van der Waals surface area contributed by atoms with Crippen LogP contribution in [-0.4, -0.2) is 32.4 Å². The lowest BCUT2D eigenvalue weighted by atomic mass is 10.2. The second-order valence-electron chi connectivity index (χ2n) is 5.33. The van der Waals surface area contributed by atoms with Crippen molar-refractivity contribution in [2.45, 2.75) is 0 Å². The fourth-order valence-electron chi connectivity index (χ4n) is 2.11. The van der Waals surface area contributed by atoms with E-state index in [1.807, 2.05) is 24.3 Å². The van der Waals surface area contributed by atoms with Crippen LogP contribution in [0.15, 0.2) is 72.9 Å². The van der Waals surface area contributed by atoms with Gasteiger partial charge in [0.15, 0.2) is 11.5 Å². The molecule has 0 aliphatic carbocycles. The number of carbonyl (C=O) groups is 1. The predicted octanol–water partition coefficient (Wildman–Crippen LogP) is 3.59. The van der Waals surface area contributed by atoms with E-state index in [2.05, 4.69) is 23.7 Å². The Balaban J connectivity index is 1.97. The van der Waals surface area contributed by atoms with E-state index in [4.69, 9.17) is 14.2 Å². The lowest BCUT2D eigenvalue weighted by Gasteiger charge is -2.10. The van der Waals surface area contributed by atoms with Gasteiger partial charge in [0.1, 0.15) is 19.0 Å². The quantitative estimate of drug-likeness (QED) is 0.396. The molecule has 6 heteroatoms. The van der Waals surface area contributed by atoms with Crippen LogP contribution in [0.25, 0.3) is 0 Å². The number of benzene rings is 2. The van der Waals surface area contributed by atoms with Crippen molar-refractivity contribution in [2.24, 2.45) is 5.10 Å². The molecule has 0 saturated carbocycles. The van der Waals surface area contributed by atoms with Crippen LogP contribution in [0.3, 0.4) is 0 Å². The van der Waals surface area contributed by atoms with E-state index in [1.54, 1.807) is 36.6 Å². The number of rotatable bonds is 10. The topological polar surface area (TPSA) is 69.2 Å². The van der Waals surface area contributed by atoms with Crippen LogP contribution in [0, 0.1) is 0 Å². The molecule has 0 fully saturated rings. The maximum absolute atomic E-state index is 12.2. The molecule has 0 aliphatic heterocycles. The van der Waals surface area contributed by atoms with Crippen LogP contribution in [0.5, 0.6) is 17.2 Å². The molecule has 0 spiro atoms. The van der Waals surface area contributed by atoms with Gasteiger partial charge in [0.05, 0.1) is 13.3 Å². The predicted molar refractivity (Wildman–Crippen MR) is 106 cm³/mol. The number of amides is 1. The van der Waals surface area contributed by atoms with E-state index in [0.29, 0.717) is 30.3 Å². The van der Waals surface area contributed by atoms with Crippen molar-refractivity contribution in [3.05, 3.63) is 78.9 Å². The first-order valence-corrected chi connectivity index (χ1v) is 8.26. The number of hydrogen-bond acceptors (Lipinski definition) is 5. The van der Waals surface area contributed by atoms with Gasteiger partial charge in [-0.05, 0) is 48.0 Å². The third-order valence-electron chi connectivity index (χ3n) is 3.41. The van der Waals surface area contributed by atoms with Crippen molar-refractivity contribution in [1.82, 2.24) is 5.43 Å². The SMILES string of the molecule is C=CCOc1ccc(/C=N/NC(=O)c2ccc(OCC=C)c(OC)c2)cc1. The molecular weight excluding hydrogens is 344 g/mol. The summed E-state index contributed by atoms with van der Waals surface area (Å²) in [6, 6.07) is 12.2. The molecule has 0 saturated heterocycles. The van der Waals surface area contributed by atoms with Gasteiger partial charge in [-0.2, -0.15) is 5.10 Å². The fraction of sp³-hybridized carbons (Fsp3) is 0.143. The Labute approximate surface area is 158 Å². The van der Waals surface area contributed by atoms with E-state index in [-0.39, 0.29) is 5.91 Å². The zero-order valence-corrected chi connectivity index (χ0v) is 15.2. The number of nitrogens with zero attached hydrogens (tertiary/aromatic N) is 1. The molecule has 2 aromatic carbocycles. The summed E-state index contributed by atoms with van der Waals surface area (Å²) < 4.78 is 16.1. The third kappa shape index (κ3) is 6.04. The molecule has 140 valence electrons. The molecule has 0 unspecified atom stereocenters. The Bertz CT molecular complexity index is 813. The molecule has 2 rings (SSSR count). The minimum Gasteiger partial charge on any atom is -0.493 e. The van der Waals surface area contributed by atoms with Crippen LogP contribution in [0.4, 0.5) is 0 Å². The van der Waals surface area contributed by atoms with Gasteiger partial charge in [0.25, 0.3) is 5.91 Å². The van der Waals surface area contributed by atoms with Gasteiger partial charge in [-0.3, -0.25) is 4.79 Å². The lowest BCUT2D eigenvalue weighted by molar-refractivity contribution is 0.0954. The molecule has 1 N–H and O–H groups in total. The number of ether oxygens (including phenoxy) is 3. The molecule has 0 bridgehead atoms. The molecule has 27 heavy (non-hydrogen) atoms. The Kier molecular flexibility index (Phi) is 7.66. The fourth-order valence-corrected chi connectivity index (χ4v) is 2.11. The van der Waals surface area contributed by atoms with Gasteiger partial charge >= 0.3 is 0 Å². The second-order valence-corrected chi connectivity index (χ2v) is 5.33. The third-order valence-corrected chi connectivity index (χ3v) is 3.41. The average molecular weight is 366 g/mol. The molecule has 0 atom stereocenters. The smallest absolute Gasteiger partial charge is 0.271 e. The molecule has 0 aromatic heterocycles. The van der Waals surface area contributed by atoms with Crippen molar-refractivity contribution >= 4 is 12.1 Å². The Morgan fingerprint density at radius 3 is 2.41 bits per heavy atom. The van der Waals surface area contributed by atoms with Crippen LogP contribution in [0.2, 0.25) is 0 Å². The second kappa shape index (κ2) is 10.5. The first-order chi connectivity index (χ1) is 13.2. The standard InChI is InChI=1S/C21H22N2O4/c1-4-12-26-18-9-6-16(7-10-18)15-22-23-21(24)17-8-11-19(27-13-5-2)20(14-17)25-3/h4-11,14-15H,1-2,12-13H2,3H3,(H,23,24)/b22-15+. The van der Waals surface area contributed by atoms with E-state index in [0.717, 1.165) is 11.3 Å². The van der Waals surface area contributed by atoms with Gasteiger partial charge < -0.3 is 14.2 Å². The van der Waals surface area contributed by atoms with Gasteiger partial charge in [0.2, 0.25) is 0 Å². The van der Waals surface area contributed by atoms with Crippen LogP contribution in [0.1, 0.15) is 15.9 Å². The highest BCUT2D eigenvalue weighted by Crippen LogP contribution is 2.28. The Hall–Kier alpha value is -3.54. The zero-order valence-electron chi connectivity index (χ0n) is 15.2. The first kappa shape index (κ1) is 19.8. The largest absolute Gasteiger partial charge is 0.493 e. The summed E-state index contributed by atoms with van der Waals surface area (Å²) in [5.41, 5.74) is 3.72. The molecule has 0 heterocycles. The van der Waals surface area contributed by atoms with Crippen molar-refractivity contribution in [3.63, 3.8) is 0 Å². The van der Waals surface area contributed by atoms with Crippen molar-refractivity contribution in [1.29, 1.82) is 0 Å². The highest BCUT2D eigenvalue weighted by atomic mass is 16.5. The molecular formula is C21H22N2O4. The zero-order chi connectivity index (χ0) is 19.5. The van der Waals surface area contributed by atoms with Crippen molar-refractivity contribution < 1.29 is 19.0 Å². The van der Waals surface area contributed by atoms with Gasteiger partial charge in [0, 0.05) is 5.56 Å². The summed E-state index contributed by atoms with van der Waals surface area (Å²) in [5.74, 6) is 1.38. The molecule has 6 nitrogen and oxygen atoms in total. The van der Waals surface area contributed by atoms with Crippen LogP contribution >= 0.6 is 0 Å². The van der Waals surface area contributed by atoms with Gasteiger partial charge in [-0.1, -0.05) is 25.3 Å². The van der Waals surface area contributed by atoms with Crippen LogP contribution < -0.4 is 19.6 Å². The summed E-state index contributed by atoms with van der Waals surface area (Å²) in [6.45, 7) is 8.00. The Morgan fingerprint density at radius 2 is 1.74 bits per heavy atom. The van der Waals surface area contributed by atoms with Crippen LogP contribution in [-0.2, 0) is 0 Å². The van der Waals surface area contributed by atoms with E-state index >= 15 is 0 Å². The van der Waals surface area contributed by atoms with Crippen molar-refractivity contribution in [2.75, 3.05) is 20.3 Å². The summed E-state index contributed by atoms with van der Waals surface area (Å²) in [6.07, 6.45) is 4.86. The Morgan fingerprint density at radius 1 is 1.04 bits per heavy atom. The minimum absolute atomic E-state index is 0.351. The molecule has 0 radical (unpaired) electrons. The maximum Gasteiger partial charge on any atom is 0.271 e. The summed E-state index contributed by atoms with van der Waals surface area (Å²) >= 11 is 0. The van der Waals surface area contributed by atoms with Crippen molar-refractivity contribution in [3.8, 4) is 17.2 Å². The van der Waals surface area contributed by atoms with E-state index in [1.165, 1.54) is 7.11 Å². The van der Waals surface area contributed by atoms with E-state index < -0.39 is 0 Å². The number of hydrogen-bond donors (Lipinski definition) is 1. The minimum atomic E-state index is -0.356. The van der Waals surface area contributed by atoms with Gasteiger partial charge in [-0.25, -0.2) is 5.43 Å². The summed E-state index contributed by atoms with van der Waals surface area (Å²) in [5, 5.41) is 3.97. The average Bonchev–Trinajstić information content (AvgIpc) is 2.71.